The third-order valence-corrected chi connectivity index (χ3v) is 1.75. The number of fused-ring (bicyclic) bond motifs is 1. The van der Waals surface area contributed by atoms with Crippen LogP contribution < -0.4 is 5.32 Å². The lowest BCUT2D eigenvalue weighted by atomic mass is 10.1. The van der Waals surface area contributed by atoms with E-state index < -0.39 is 0 Å². The first-order valence-electron chi connectivity index (χ1n) is 4.03. The van der Waals surface area contributed by atoms with Crippen molar-refractivity contribution in [1.29, 1.82) is 0 Å². The monoisotopic (exact) mass is 177 g/mol. The average molecular weight is 177 g/mol. The first-order valence-corrected chi connectivity index (χ1v) is 4.03. The lowest BCUT2D eigenvalue weighted by molar-refractivity contribution is -0.0979. The average Bonchev–Trinajstić information content (AvgIpc) is 2.71. The fourth-order valence-electron chi connectivity index (χ4n) is 1.23. The summed E-state index contributed by atoms with van der Waals surface area (Å²) in [5.41, 5.74) is 2.91. The minimum Gasteiger partial charge on any atom is -0.309 e. The van der Waals surface area contributed by atoms with Gasteiger partial charge in [0, 0.05) is 13.1 Å². The van der Waals surface area contributed by atoms with Crippen LogP contribution in [0, 0.1) is 0 Å². The van der Waals surface area contributed by atoms with Gasteiger partial charge in [0.25, 0.3) is 0 Å². The van der Waals surface area contributed by atoms with Crippen LogP contribution in [0.15, 0.2) is 37.4 Å². The van der Waals surface area contributed by atoms with Crippen LogP contribution in [0.25, 0.3) is 0 Å². The molecule has 2 nitrogen and oxygen atoms in total. The molecule has 0 aromatic heterocycles. The van der Waals surface area contributed by atoms with Gasteiger partial charge in [0.2, 0.25) is 0 Å². The van der Waals surface area contributed by atoms with Crippen molar-refractivity contribution in [3.05, 3.63) is 48.6 Å². The van der Waals surface area contributed by atoms with Crippen molar-refractivity contribution in [3.8, 4) is 0 Å². The number of nitrogens with one attached hydrogen (secondary N) is 1. The Kier molecular flexibility index (Phi) is 6.46. The predicted molar refractivity (Wildman–Crippen MR) is 55.4 cm³/mol. The van der Waals surface area contributed by atoms with E-state index in [-0.39, 0.29) is 0 Å². The Morgan fingerprint density at radius 1 is 1.00 bits per heavy atom. The standard InChI is InChI=1S/C8H9N.C2H4.CH2O/c1-2-4-8-6-9-5-7(8)3-1;2*1-2/h1-4,9H,5-6H2;1-2H2;1H2. The summed E-state index contributed by atoms with van der Waals surface area (Å²) >= 11 is 0. The summed E-state index contributed by atoms with van der Waals surface area (Å²) in [5, 5.41) is 3.29. The van der Waals surface area contributed by atoms with Crippen LogP contribution in [-0.2, 0) is 17.9 Å². The number of rotatable bonds is 0. The maximum Gasteiger partial charge on any atom is 0.106 e. The number of hydrogen-bond donors (Lipinski definition) is 1. The molecule has 1 aromatic carbocycles. The first-order chi connectivity index (χ1) is 6.47. The highest BCUT2D eigenvalue weighted by Crippen LogP contribution is 2.12. The van der Waals surface area contributed by atoms with Crippen molar-refractivity contribution in [2.75, 3.05) is 0 Å². The van der Waals surface area contributed by atoms with E-state index in [9.17, 15) is 0 Å². The molecule has 0 fully saturated rings. The van der Waals surface area contributed by atoms with E-state index in [0.29, 0.717) is 0 Å². The van der Waals surface area contributed by atoms with E-state index in [1.807, 2.05) is 6.79 Å². The van der Waals surface area contributed by atoms with Gasteiger partial charge in [0.15, 0.2) is 0 Å². The molecule has 1 aromatic rings. The third kappa shape index (κ3) is 3.22. The summed E-state index contributed by atoms with van der Waals surface area (Å²) in [4.78, 5) is 8.00. The van der Waals surface area contributed by atoms with Gasteiger partial charge in [-0.2, -0.15) is 0 Å². The molecule has 0 aliphatic carbocycles. The summed E-state index contributed by atoms with van der Waals surface area (Å²) in [7, 11) is 0. The van der Waals surface area contributed by atoms with Crippen LogP contribution in [0.2, 0.25) is 0 Å². The minimum absolute atomic E-state index is 1.05. The number of carbonyl (C=O) groups is 1. The molecule has 1 aliphatic rings. The van der Waals surface area contributed by atoms with Crippen molar-refractivity contribution >= 4 is 6.79 Å². The molecule has 0 bridgehead atoms. The van der Waals surface area contributed by atoms with Gasteiger partial charge in [0.1, 0.15) is 6.79 Å². The van der Waals surface area contributed by atoms with Crippen LogP contribution in [0.4, 0.5) is 0 Å². The molecular formula is C11H15NO. The molecule has 0 amide bonds. The Morgan fingerprint density at radius 3 is 1.77 bits per heavy atom. The Labute approximate surface area is 79.3 Å². The van der Waals surface area contributed by atoms with Crippen LogP contribution in [-0.4, -0.2) is 6.79 Å². The van der Waals surface area contributed by atoms with Crippen molar-refractivity contribution < 1.29 is 4.79 Å². The number of hydrogen-bond acceptors (Lipinski definition) is 2. The van der Waals surface area contributed by atoms with Gasteiger partial charge >= 0.3 is 0 Å². The van der Waals surface area contributed by atoms with Gasteiger partial charge in [-0.05, 0) is 11.1 Å². The minimum atomic E-state index is 1.05. The van der Waals surface area contributed by atoms with Crippen LogP contribution in [0.3, 0.4) is 0 Å². The molecule has 0 atom stereocenters. The zero-order valence-electron chi connectivity index (χ0n) is 7.75. The molecule has 1 aliphatic heterocycles. The van der Waals surface area contributed by atoms with Crippen molar-refractivity contribution in [3.63, 3.8) is 0 Å². The Balaban J connectivity index is 0.000000322. The smallest absolute Gasteiger partial charge is 0.106 e. The third-order valence-electron chi connectivity index (χ3n) is 1.75. The topological polar surface area (TPSA) is 29.1 Å². The predicted octanol–water partition coefficient (Wildman–Crippen LogP) is 1.91. The maximum absolute atomic E-state index is 8.00. The molecule has 0 spiro atoms. The number of benzene rings is 1. The Morgan fingerprint density at radius 2 is 1.38 bits per heavy atom. The van der Waals surface area contributed by atoms with E-state index in [0.717, 1.165) is 13.1 Å². The maximum atomic E-state index is 8.00. The molecule has 0 saturated heterocycles. The van der Waals surface area contributed by atoms with Gasteiger partial charge in [-0.25, -0.2) is 0 Å². The summed E-state index contributed by atoms with van der Waals surface area (Å²) in [6.45, 7) is 10.1. The zero-order chi connectivity index (χ0) is 10.1. The molecule has 0 saturated carbocycles. The van der Waals surface area contributed by atoms with Crippen molar-refractivity contribution in [1.82, 2.24) is 5.32 Å². The largest absolute Gasteiger partial charge is 0.309 e. The van der Waals surface area contributed by atoms with Crippen molar-refractivity contribution in [2.45, 2.75) is 13.1 Å². The molecule has 2 heteroatoms. The second-order valence-electron chi connectivity index (χ2n) is 2.37. The Bertz CT molecular complexity index is 223. The SMILES string of the molecule is C=C.C=O.c1ccc2c(c1)CNC2. The van der Waals surface area contributed by atoms with E-state index in [2.05, 4.69) is 42.7 Å². The Hall–Kier alpha value is -1.41. The molecule has 1 heterocycles. The summed E-state index contributed by atoms with van der Waals surface area (Å²) in [5.74, 6) is 0. The van der Waals surface area contributed by atoms with E-state index in [1.165, 1.54) is 11.1 Å². The highest BCUT2D eigenvalue weighted by Gasteiger charge is 2.06. The summed E-state index contributed by atoms with van der Waals surface area (Å²) in [6.07, 6.45) is 0. The van der Waals surface area contributed by atoms with Crippen molar-refractivity contribution in [2.24, 2.45) is 0 Å². The highest BCUT2D eigenvalue weighted by molar-refractivity contribution is 5.29. The van der Waals surface area contributed by atoms with Crippen LogP contribution >= 0.6 is 0 Å². The quantitative estimate of drug-likeness (QED) is 0.613. The van der Waals surface area contributed by atoms with Crippen LogP contribution in [0.5, 0.6) is 0 Å². The molecule has 1 N–H and O–H groups in total. The van der Waals surface area contributed by atoms with E-state index >= 15 is 0 Å². The lowest BCUT2D eigenvalue weighted by Gasteiger charge is -1.91. The van der Waals surface area contributed by atoms with Gasteiger partial charge in [-0.15, -0.1) is 13.2 Å². The van der Waals surface area contributed by atoms with Crippen LogP contribution in [0.1, 0.15) is 11.1 Å². The second-order valence-corrected chi connectivity index (χ2v) is 2.37. The second kappa shape index (κ2) is 7.25. The van der Waals surface area contributed by atoms with Gasteiger partial charge < -0.3 is 10.1 Å². The molecule has 13 heavy (non-hydrogen) atoms. The molecule has 70 valence electrons. The normalized spacial score (nSPS) is 11.4. The zero-order valence-corrected chi connectivity index (χ0v) is 7.75. The molecule has 0 radical (unpaired) electrons. The summed E-state index contributed by atoms with van der Waals surface area (Å²) < 4.78 is 0. The van der Waals surface area contributed by atoms with Gasteiger partial charge in [-0.3, -0.25) is 0 Å². The highest BCUT2D eigenvalue weighted by atomic mass is 16.1. The molecule has 0 unspecified atom stereocenters. The first kappa shape index (κ1) is 11.6. The fraction of sp³-hybridized carbons (Fsp3) is 0.182. The molecular weight excluding hydrogens is 162 g/mol. The summed E-state index contributed by atoms with van der Waals surface area (Å²) in [6, 6.07) is 8.53. The van der Waals surface area contributed by atoms with E-state index in [1.54, 1.807) is 0 Å². The molecule has 2 rings (SSSR count). The fourth-order valence-corrected chi connectivity index (χ4v) is 1.23. The van der Waals surface area contributed by atoms with Gasteiger partial charge in [0.05, 0.1) is 0 Å². The number of carbonyl (C=O) groups excluding carboxylic acids is 1. The lowest BCUT2D eigenvalue weighted by Crippen LogP contribution is -1.99. The van der Waals surface area contributed by atoms with E-state index in [4.69, 9.17) is 4.79 Å². The van der Waals surface area contributed by atoms with Gasteiger partial charge in [-0.1, -0.05) is 24.3 Å².